The summed E-state index contributed by atoms with van der Waals surface area (Å²) in [5.41, 5.74) is 2.36. The number of carbonyl (C=O) groups is 1. The fraction of sp³-hybridized carbons (Fsp3) is 0.391. The minimum absolute atomic E-state index is 0.162. The minimum atomic E-state index is -3.67. The molecule has 0 saturated carbocycles. The molecular formula is C23H29N7O3S. The topological polar surface area (TPSA) is 113 Å². The third kappa shape index (κ3) is 4.95. The van der Waals surface area contributed by atoms with Crippen molar-refractivity contribution in [3.8, 4) is 5.69 Å². The van der Waals surface area contributed by atoms with Gasteiger partial charge in [-0.3, -0.25) is 4.79 Å². The number of piperidine rings is 1. The first-order valence-corrected chi connectivity index (χ1v) is 12.9. The van der Waals surface area contributed by atoms with Crippen molar-refractivity contribution >= 4 is 27.3 Å². The predicted molar refractivity (Wildman–Crippen MR) is 130 cm³/mol. The molecule has 1 saturated heterocycles. The van der Waals surface area contributed by atoms with Crippen molar-refractivity contribution in [1.29, 1.82) is 0 Å². The second-order valence-electron chi connectivity index (χ2n) is 8.07. The summed E-state index contributed by atoms with van der Waals surface area (Å²) in [7, 11) is -3.67. The Bertz CT molecular complexity index is 1240. The van der Waals surface area contributed by atoms with Crippen molar-refractivity contribution in [2.75, 3.05) is 36.4 Å². The van der Waals surface area contributed by atoms with Crippen LogP contribution in [0.3, 0.4) is 0 Å². The van der Waals surface area contributed by atoms with Crippen LogP contribution in [0.1, 0.15) is 43.5 Å². The molecule has 11 heteroatoms. The van der Waals surface area contributed by atoms with Gasteiger partial charge in [0.25, 0.3) is 5.91 Å². The number of hydrogen-bond acceptors (Lipinski definition) is 7. The van der Waals surface area contributed by atoms with Crippen LogP contribution in [0.4, 0.5) is 11.4 Å². The monoisotopic (exact) mass is 483 g/mol. The van der Waals surface area contributed by atoms with Crippen molar-refractivity contribution < 1.29 is 13.2 Å². The molecule has 180 valence electrons. The molecule has 0 radical (unpaired) electrons. The highest BCUT2D eigenvalue weighted by atomic mass is 32.2. The van der Waals surface area contributed by atoms with Crippen LogP contribution in [0, 0.1) is 0 Å². The van der Waals surface area contributed by atoms with Crippen LogP contribution in [-0.2, 0) is 10.0 Å². The first kappa shape index (κ1) is 23.8. The highest BCUT2D eigenvalue weighted by molar-refractivity contribution is 7.89. The molecule has 0 bridgehead atoms. The molecule has 2 heterocycles. The Morgan fingerprint density at radius 2 is 1.82 bits per heavy atom. The minimum Gasteiger partial charge on any atom is -0.370 e. The average Bonchev–Trinajstić information content (AvgIpc) is 3.40. The molecule has 1 aliphatic heterocycles. The highest BCUT2D eigenvalue weighted by Gasteiger charge is 2.25. The SMILES string of the molecule is CCN(CC)S(=O)(=O)c1ccc(N2CCCCC2)c(NC(=O)c2cccc(-n3cnnn3)c2)c1. The van der Waals surface area contributed by atoms with Gasteiger partial charge >= 0.3 is 0 Å². The predicted octanol–water partition coefficient (Wildman–Crippen LogP) is 2.94. The van der Waals surface area contributed by atoms with E-state index in [1.54, 1.807) is 42.5 Å². The number of amides is 1. The molecular weight excluding hydrogens is 454 g/mol. The molecule has 1 aliphatic rings. The Balaban J connectivity index is 1.69. The molecule has 34 heavy (non-hydrogen) atoms. The van der Waals surface area contributed by atoms with E-state index in [0.29, 0.717) is 30.0 Å². The van der Waals surface area contributed by atoms with Crippen molar-refractivity contribution in [2.24, 2.45) is 0 Å². The number of carbonyl (C=O) groups excluding carboxylic acids is 1. The van der Waals surface area contributed by atoms with Gasteiger partial charge < -0.3 is 10.2 Å². The molecule has 0 aliphatic carbocycles. The molecule has 1 N–H and O–H groups in total. The second-order valence-corrected chi connectivity index (χ2v) is 10.0. The summed E-state index contributed by atoms with van der Waals surface area (Å²) in [6.45, 7) is 6.09. The van der Waals surface area contributed by atoms with Crippen molar-refractivity contribution in [2.45, 2.75) is 38.0 Å². The van der Waals surface area contributed by atoms with Gasteiger partial charge in [0.05, 0.1) is 22.0 Å². The van der Waals surface area contributed by atoms with E-state index < -0.39 is 10.0 Å². The van der Waals surface area contributed by atoms with Crippen LogP contribution >= 0.6 is 0 Å². The Morgan fingerprint density at radius 3 is 2.50 bits per heavy atom. The number of rotatable bonds is 8. The molecule has 0 unspecified atom stereocenters. The number of benzene rings is 2. The van der Waals surface area contributed by atoms with Gasteiger partial charge in [-0.2, -0.15) is 4.31 Å². The number of anilines is 2. The number of tetrazole rings is 1. The summed E-state index contributed by atoms with van der Waals surface area (Å²) in [6.07, 6.45) is 4.73. The van der Waals surface area contributed by atoms with E-state index in [-0.39, 0.29) is 10.8 Å². The average molecular weight is 484 g/mol. The van der Waals surface area contributed by atoms with E-state index in [1.807, 2.05) is 13.8 Å². The van der Waals surface area contributed by atoms with Crippen molar-refractivity contribution in [1.82, 2.24) is 24.5 Å². The summed E-state index contributed by atoms with van der Waals surface area (Å²) in [4.78, 5) is 15.6. The molecule has 10 nitrogen and oxygen atoms in total. The van der Waals surface area contributed by atoms with Crippen LogP contribution in [0.25, 0.3) is 5.69 Å². The van der Waals surface area contributed by atoms with Gasteiger partial charge in [0.15, 0.2) is 0 Å². The van der Waals surface area contributed by atoms with Crippen LogP contribution in [0.2, 0.25) is 0 Å². The molecule has 1 fully saturated rings. The number of sulfonamides is 1. The summed E-state index contributed by atoms with van der Waals surface area (Å²) in [5.74, 6) is -0.342. The molecule has 2 aromatic carbocycles. The fourth-order valence-electron chi connectivity index (χ4n) is 4.16. The molecule has 0 spiro atoms. The van der Waals surface area contributed by atoms with E-state index in [1.165, 1.54) is 15.3 Å². The Labute approximate surface area is 199 Å². The number of nitrogens with one attached hydrogen (secondary N) is 1. The molecule has 3 aromatic rings. The summed E-state index contributed by atoms with van der Waals surface area (Å²) < 4.78 is 29.2. The largest absolute Gasteiger partial charge is 0.370 e. The summed E-state index contributed by atoms with van der Waals surface area (Å²) in [5, 5.41) is 14.1. The van der Waals surface area contributed by atoms with E-state index in [2.05, 4.69) is 25.7 Å². The lowest BCUT2D eigenvalue weighted by molar-refractivity contribution is 0.102. The maximum Gasteiger partial charge on any atom is 0.255 e. The van der Waals surface area contributed by atoms with Gasteiger partial charge in [0, 0.05) is 31.7 Å². The van der Waals surface area contributed by atoms with E-state index in [0.717, 1.165) is 38.0 Å². The lowest BCUT2D eigenvalue weighted by Gasteiger charge is -2.31. The van der Waals surface area contributed by atoms with Gasteiger partial charge in [0.2, 0.25) is 10.0 Å². The third-order valence-electron chi connectivity index (χ3n) is 5.98. The molecule has 0 atom stereocenters. The summed E-state index contributed by atoms with van der Waals surface area (Å²) in [6, 6.07) is 11.9. The van der Waals surface area contributed by atoms with E-state index >= 15 is 0 Å². The first-order chi connectivity index (χ1) is 16.4. The van der Waals surface area contributed by atoms with Crippen molar-refractivity contribution in [3.63, 3.8) is 0 Å². The maximum absolute atomic E-state index is 13.2. The Kier molecular flexibility index (Phi) is 7.23. The quantitative estimate of drug-likeness (QED) is 0.524. The molecule has 4 rings (SSSR count). The van der Waals surface area contributed by atoms with Gasteiger partial charge in [-0.15, -0.1) is 5.10 Å². The molecule has 1 aromatic heterocycles. The van der Waals surface area contributed by atoms with Crippen LogP contribution in [-0.4, -0.2) is 65.0 Å². The summed E-state index contributed by atoms with van der Waals surface area (Å²) >= 11 is 0. The number of nitrogens with zero attached hydrogens (tertiary/aromatic N) is 6. The van der Waals surface area contributed by atoms with E-state index in [9.17, 15) is 13.2 Å². The fourth-order valence-corrected chi connectivity index (χ4v) is 5.65. The smallest absolute Gasteiger partial charge is 0.255 e. The highest BCUT2D eigenvalue weighted by Crippen LogP contribution is 2.32. The number of hydrogen-bond donors (Lipinski definition) is 1. The molecule has 1 amide bonds. The zero-order chi connectivity index (χ0) is 24.1. The zero-order valence-corrected chi connectivity index (χ0v) is 20.2. The van der Waals surface area contributed by atoms with Crippen LogP contribution < -0.4 is 10.2 Å². The van der Waals surface area contributed by atoms with Gasteiger partial charge in [0.1, 0.15) is 6.33 Å². The van der Waals surface area contributed by atoms with Crippen molar-refractivity contribution in [3.05, 3.63) is 54.4 Å². The third-order valence-corrected chi connectivity index (χ3v) is 8.02. The van der Waals surface area contributed by atoms with Gasteiger partial charge in [-0.25, -0.2) is 13.1 Å². The lowest BCUT2D eigenvalue weighted by atomic mass is 10.1. The van der Waals surface area contributed by atoms with E-state index in [4.69, 9.17) is 0 Å². The van der Waals surface area contributed by atoms with Gasteiger partial charge in [-0.1, -0.05) is 19.9 Å². The standard InChI is InChI=1S/C23H29N7O3S/c1-3-29(4-2)34(32,33)20-11-12-22(28-13-6-5-7-14-28)21(16-20)25-23(31)18-9-8-10-19(15-18)30-17-24-26-27-30/h8-12,15-17H,3-7,13-14H2,1-2H3,(H,25,31). The lowest BCUT2D eigenvalue weighted by Crippen LogP contribution is -2.32. The Morgan fingerprint density at radius 1 is 1.06 bits per heavy atom. The van der Waals surface area contributed by atoms with Gasteiger partial charge in [-0.05, 0) is 66.1 Å². The first-order valence-electron chi connectivity index (χ1n) is 11.5. The van der Waals surface area contributed by atoms with Crippen LogP contribution in [0.5, 0.6) is 0 Å². The van der Waals surface area contributed by atoms with Crippen LogP contribution in [0.15, 0.2) is 53.7 Å². The normalized spacial score (nSPS) is 14.4. The number of aromatic nitrogens is 4. The Hall–Kier alpha value is -3.31. The zero-order valence-electron chi connectivity index (χ0n) is 19.4. The maximum atomic E-state index is 13.2. The second kappa shape index (κ2) is 10.3.